The molecule has 0 aromatic carbocycles. The number of hydrogen-bond donors (Lipinski definition) is 4. The van der Waals surface area contributed by atoms with Gasteiger partial charge in [-0.05, 0) is 75.8 Å². The number of aliphatic carboxylic acids is 1. The van der Waals surface area contributed by atoms with Gasteiger partial charge in [0.1, 0.15) is 36.1 Å². The summed E-state index contributed by atoms with van der Waals surface area (Å²) in [6, 6.07) is 7.34. The van der Waals surface area contributed by atoms with E-state index in [4.69, 9.17) is 9.72 Å². The molecule has 0 aliphatic carbocycles. The summed E-state index contributed by atoms with van der Waals surface area (Å²) < 4.78 is 5.93. The fourth-order valence-corrected chi connectivity index (χ4v) is 4.93. The Morgan fingerprint density at radius 3 is 2.90 bits per heavy atom. The molecule has 1 aliphatic heterocycles. The normalized spacial score (nSPS) is 13.5. The Morgan fingerprint density at radius 1 is 1.12 bits per heavy atom. The third-order valence-corrected chi connectivity index (χ3v) is 7.24. The molecule has 1 atom stereocenters. The Morgan fingerprint density at radius 2 is 2.05 bits per heavy atom. The largest absolute Gasteiger partial charge is 0.491 e. The summed E-state index contributed by atoms with van der Waals surface area (Å²) in [4.78, 5) is 38.9. The third kappa shape index (κ3) is 7.88. The highest BCUT2D eigenvalue weighted by Gasteiger charge is 2.21. The van der Waals surface area contributed by atoms with E-state index in [1.54, 1.807) is 6.20 Å². The molecule has 5 heterocycles. The lowest BCUT2D eigenvalue weighted by atomic mass is 10.1. The molecule has 4 N–H and O–H groups in total. The van der Waals surface area contributed by atoms with Crippen LogP contribution in [0.2, 0.25) is 0 Å². The van der Waals surface area contributed by atoms with E-state index in [0.29, 0.717) is 43.1 Å². The number of rotatable bonds is 15. The zero-order valence-corrected chi connectivity index (χ0v) is 23.3. The van der Waals surface area contributed by atoms with Gasteiger partial charge in [-0.3, -0.25) is 9.88 Å². The van der Waals surface area contributed by atoms with E-state index in [2.05, 4.69) is 52.6 Å². The highest BCUT2D eigenvalue weighted by Crippen LogP contribution is 2.21. The van der Waals surface area contributed by atoms with Gasteiger partial charge in [0.05, 0.1) is 12.5 Å². The summed E-state index contributed by atoms with van der Waals surface area (Å²) in [5.74, 6) is 1.24. The average molecular weight is 560 g/mol. The summed E-state index contributed by atoms with van der Waals surface area (Å²) in [7, 11) is 0. The molecule has 0 saturated heterocycles. The number of H-pyrrole nitrogens is 1. The van der Waals surface area contributed by atoms with Crippen molar-refractivity contribution >= 4 is 28.8 Å². The molecule has 4 aromatic heterocycles. The molecule has 0 unspecified atom stereocenters. The maximum Gasteiger partial charge on any atom is 0.326 e. The lowest BCUT2D eigenvalue weighted by molar-refractivity contribution is -0.138. The summed E-state index contributed by atoms with van der Waals surface area (Å²) in [5.41, 5.74) is 4.41. The summed E-state index contributed by atoms with van der Waals surface area (Å²) in [5, 5.41) is 16.4. The smallest absolute Gasteiger partial charge is 0.326 e. The van der Waals surface area contributed by atoms with Crippen LogP contribution < -0.4 is 15.4 Å². The van der Waals surface area contributed by atoms with Crippen LogP contribution >= 0.6 is 0 Å². The van der Waals surface area contributed by atoms with Crippen LogP contribution in [0.1, 0.15) is 42.6 Å². The third-order valence-electron chi connectivity index (χ3n) is 7.24. The second-order valence-corrected chi connectivity index (χ2v) is 10.3. The van der Waals surface area contributed by atoms with Crippen molar-refractivity contribution in [3.05, 3.63) is 60.1 Å². The number of nitrogens with one attached hydrogen (secondary N) is 3. The van der Waals surface area contributed by atoms with E-state index < -0.39 is 12.0 Å². The molecule has 0 bridgehead atoms. The van der Waals surface area contributed by atoms with Crippen molar-refractivity contribution in [2.24, 2.45) is 0 Å². The number of fused-ring (bicyclic) bond motifs is 2. The lowest BCUT2D eigenvalue weighted by Gasteiger charge is -2.24. The second kappa shape index (κ2) is 13.8. The average Bonchev–Trinajstić information content (AvgIpc) is 3.47. The molecule has 0 radical (unpaired) electrons. The molecule has 0 saturated carbocycles. The number of carboxylic acids is 1. The predicted molar refractivity (Wildman–Crippen MR) is 156 cm³/mol. The standard InChI is InChI=1S/C29H37N9O3/c1-20-7-10-23(17-31-20)41-16-15-38(13-3-2-6-22-9-8-21-5-4-12-30-26(21)36-22)14-11-24(29(39)40)37-28-25-27(33-18-32-25)34-19-35-28/h7-10,17-19,24H,2-6,11-16H2,1H3,(H,30,36)(H,39,40)(H2,32,33,34,35,37)/t24-/m0/s1. The number of aromatic nitrogens is 6. The SMILES string of the molecule is Cc1ccc(OCCN(CCCCc2ccc3c(n2)NCCC3)CC[C@H](Nc2ncnc3nc[nH]c23)C(=O)O)cn1. The molecule has 0 fully saturated rings. The number of hydrogen-bond acceptors (Lipinski definition) is 10. The van der Waals surface area contributed by atoms with Crippen LogP contribution in [-0.4, -0.2) is 84.7 Å². The Labute approximate surface area is 239 Å². The van der Waals surface area contributed by atoms with Crippen LogP contribution in [0.3, 0.4) is 0 Å². The molecular weight excluding hydrogens is 522 g/mol. The summed E-state index contributed by atoms with van der Waals surface area (Å²) in [6.45, 7) is 5.47. The number of nitrogens with zero attached hydrogens (tertiary/aromatic N) is 6. The molecule has 41 heavy (non-hydrogen) atoms. The van der Waals surface area contributed by atoms with Gasteiger partial charge in [-0.2, -0.15) is 0 Å². The van der Waals surface area contributed by atoms with Crippen molar-refractivity contribution in [2.75, 3.05) is 43.4 Å². The van der Waals surface area contributed by atoms with Gasteiger partial charge in [-0.15, -0.1) is 0 Å². The minimum atomic E-state index is -0.940. The molecule has 0 spiro atoms. The molecule has 12 nitrogen and oxygen atoms in total. The summed E-state index contributed by atoms with van der Waals surface area (Å²) in [6.07, 6.45) is 10.1. The highest BCUT2D eigenvalue weighted by atomic mass is 16.5. The monoisotopic (exact) mass is 559 g/mol. The first-order valence-electron chi connectivity index (χ1n) is 14.2. The van der Waals surface area contributed by atoms with Crippen LogP contribution in [0.25, 0.3) is 11.2 Å². The van der Waals surface area contributed by atoms with E-state index in [9.17, 15) is 9.90 Å². The van der Waals surface area contributed by atoms with Crippen molar-refractivity contribution in [3.8, 4) is 5.75 Å². The van der Waals surface area contributed by atoms with Crippen molar-refractivity contribution < 1.29 is 14.6 Å². The van der Waals surface area contributed by atoms with Crippen LogP contribution in [0.5, 0.6) is 5.75 Å². The zero-order valence-electron chi connectivity index (χ0n) is 23.3. The minimum absolute atomic E-state index is 0.388. The predicted octanol–water partition coefficient (Wildman–Crippen LogP) is 3.47. The Balaban J connectivity index is 1.16. The van der Waals surface area contributed by atoms with Crippen molar-refractivity contribution in [2.45, 2.75) is 51.5 Å². The van der Waals surface area contributed by atoms with E-state index in [-0.39, 0.29) is 0 Å². The fourth-order valence-electron chi connectivity index (χ4n) is 4.93. The van der Waals surface area contributed by atoms with Gasteiger partial charge in [0.15, 0.2) is 11.5 Å². The number of carboxylic acid groups (broad SMARTS) is 1. The van der Waals surface area contributed by atoms with Gasteiger partial charge < -0.3 is 25.5 Å². The Kier molecular flexibility index (Phi) is 9.53. The molecular formula is C29H37N9O3. The van der Waals surface area contributed by atoms with Crippen molar-refractivity contribution in [3.63, 3.8) is 0 Å². The lowest BCUT2D eigenvalue weighted by Crippen LogP contribution is -2.37. The molecule has 12 heteroatoms. The van der Waals surface area contributed by atoms with Gasteiger partial charge >= 0.3 is 5.97 Å². The first-order chi connectivity index (χ1) is 20.0. The van der Waals surface area contributed by atoms with Crippen molar-refractivity contribution in [1.82, 2.24) is 34.8 Å². The molecule has 4 aromatic rings. The number of imidazole rings is 1. The number of unbranched alkanes of at least 4 members (excludes halogenated alkanes) is 1. The van der Waals surface area contributed by atoms with E-state index >= 15 is 0 Å². The Hall–Kier alpha value is -4.32. The molecule has 5 rings (SSSR count). The first-order valence-corrected chi connectivity index (χ1v) is 14.2. The Bertz CT molecular complexity index is 1430. The topological polar surface area (TPSA) is 154 Å². The number of carbonyl (C=O) groups is 1. The summed E-state index contributed by atoms with van der Waals surface area (Å²) >= 11 is 0. The van der Waals surface area contributed by atoms with Gasteiger partial charge in [0.25, 0.3) is 0 Å². The van der Waals surface area contributed by atoms with E-state index in [1.165, 1.54) is 18.2 Å². The van der Waals surface area contributed by atoms with Crippen LogP contribution in [0, 0.1) is 6.92 Å². The quantitative estimate of drug-likeness (QED) is 0.158. The van der Waals surface area contributed by atoms with Crippen LogP contribution in [0.4, 0.5) is 11.6 Å². The maximum atomic E-state index is 12.1. The number of aryl methyl sites for hydroxylation is 3. The molecule has 1 aliphatic rings. The molecule has 0 amide bonds. The number of aromatic amines is 1. The molecule has 216 valence electrons. The van der Waals surface area contributed by atoms with Crippen LogP contribution in [0.15, 0.2) is 43.1 Å². The minimum Gasteiger partial charge on any atom is -0.491 e. The maximum absolute atomic E-state index is 12.1. The van der Waals surface area contributed by atoms with Gasteiger partial charge in [-0.25, -0.2) is 24.7 Å². The number of ether oxygens (including phenoxy) is 1. The van der Waals surface area contributed by atoms with E-state index in [1.807, 2.05) is 19.1 Å². The number of pyridine rings is 2. The zero-order chi connectivity index (χ0) is 28.4. The van der Waals surface area contributed by atoms with Gasteiger partial charge in [-0.1, -0.05) is 6.07 Å². The first kappa shape index (κ1) is 28.2. The van der Waals surface area contributed by atoms with E-state index in [0.717, 1.165) is 68.1 Å². The number of anilines is 2. The van der Waals surface area contributed by atoms with Crippen molar-refractivity contribution in [1.29, 1.82) is 0 Å². The second-order valence-electron chi connectivity index (χ2n) is 10.3. The van der Waals surface area contributed by atoms with Gasteiger partial charge in [0, 0.05) is 31.0 Å². The highest BCUT2D eigenvalue weighted by molar-refractivity contribution is 5.85. The van der Waals surface area contributed by atoms with Gasteiger partial charge in [0.2, 0.25) is 0 Å². The fraction of sp³-hybridized carbons (Fsp3) is 0.448. The van der Waals surface area contributed by atoms with Crippen LogP contribution in [-0.2, 0) is 17.6 Å².